The number of benzene rings is 1. The summed E-state index contributed by atoms with van der Waals surface area (Å²) < 4.78 is 0. The molecule has 3 heteroatoms. The van der Waals surface area contributed by atoms with Gasteiger partial charge in [-0.05, 0) is 24.5 Å². The minimum Gasteiger partial charge on any atom is -0.315 e. The molecule has 18 heavy (non-hydrogen) atoms. The molecule has 1 N–H and O–H groups in total. The third-order valence-electron chi connectivity index (χ3n) is 3.85. The molecule has 1 aromatic carbocycles. The zero-order chi connectivity index (χ0) is 13.1. The number of carbonyl (C=O) groups excluding carboxylic acids is 1. The summed E-state index contributed by atoms with van der Waals surface area (Å²) in [6.45, 7) is 4.37. The van der Waals surface area contributed by atoms with E-state index in [2.05, 4.69) is 25.2 Å². The minimum absolute atomic E-state index is 0.162. The Hall–Kier alpha value is -1.35. The lowest BCUT2D eigenvalue weighted by molar-refractivity contribution is -0.119. The molecule has 1 amide bonds. The van der Waals surface area contributed by atoms with Crippen molar-refractivity contribution in [3.05, 3.63) is 29.8 Å². The summed E-state index contributed by atoms with van der Waals surface area (Å²) in [6, 6.07) is 8.83. The van der Waals surface area contributed by atoms with Crippen LogP contribution in [-0.4, -0.2) is 19.0 Å². The molecule has 2 rings (SSSR count). The summed E-state index contributed by atoms with van der Waals surface area (Å²) in [5.74, 6) is 0.192. The van der Waals surface area contributed by atoms with Gasteiger partial charge in [0, 0.05) is 31.2 Å². The second-order valence-corrected chi connectivity index (χ2v) is 4.95. The van der Waals surface area contributed by atoms with Crippen molar-refractivity contribution in [2.24, 2.45) is 0 Å². The van der Waals surface area contributed by atoms with Gasteiger partial charge in [-0.1, -0.05) is 32.0 Å². The van der Waals surface area contributed by atoms with E-state index in [1.807, 2.05) is 25.2 Å². The van der Waals surface area contributed by atoms with Crippen LogP contribution in [0.5, 0.6) is 0 Å². The van der Waals surface area contributed by atoms with Gasteiger partial charge in [0.1, 0.15) is 0 Å². The summed E-state index contributed by atoms with van der Waals surface area (Å²) in [5, 5.41) is 3.61. The summed E-state index contributed by atoms with van der Waals surface area (Å²) in [6.07, 6.45) is 2.75. The van der Waals surface area contributed by atoms with Gasteiger partial charge in [-0.2, -0.15) is 0 Å². The maximum atomic E-state index is 12.0. The molecule has 0 spiro atoms. The highest BCUT2D eigenvalue weighted by atomic mass is 16.2. The Balaban J connectivity index is 2.27. The Morgan fingerprint density at radius 3 is 2.67 bits per heavy atom. The zero-order valence-corrected chi connectivity index (χ0v) is 11.4. The van der Waals surface area contributed by atoms with Crippen molar-refractivity contribution in [2.45, 2.75) is 45.2 Å². The normalized spacial score (nSPS) is 19.2. The molecule has 0 aliphatic carbocycles. The minimum atomic E-state index is 0.162. The Morgan fingerprint density at radius 2 is 2.00 bits per heavy atom. The van der Waals surface area contributed by atoms with Gasteiger partial charge in [0.15, 0.2) is 0 Å². The first-order chi connectivity index (χ1) is 8.67. The molecule has 1 aliphatic rings. The van der Waals surface area contributed by atoms with Crippen molar-refractivity contribution in [2.75, 3.05) is 11.9 Å². The van der Waals surface area contributed by atoms with Crippen molar-refractivity contribution in [1.82, 2.24) is 5.32 Å². The average molecular weight is 246 g/mol. The topological polar surface area (TPSA) is 32.3 Å². The molecule has 0 saturated carbocycles. The second kappa shape index (κ2) is 5.53. The monoisotopic (exact) mass is 246 g/mol. The predicted octanol–water partition coefficient (Wildman–Crippen LogP) is 2.87. The Kier molecular flexibility index (Phi) is 4.02. The molecule has 1 heterocycles. The van der Waals surface area contributed by atoms with Gasteiger partial charge in [-0.3, -0.25) is 4.79 Å². The van der Waals surface area contributed by atoms with Gasteiger partial charge in [0.2, 0.25) is 5.91 Å². The Labute approximate surface area is 109 Å². The first-order valence-corrected chi connectivity index (χ1v) is 6.78. The molecular formula is C15H22N2O. The lowest BCUT2D eigenvalue weighted by atomic mass is 9.95. The highest BCUT2D eigenvalue weighted by Gasteiger charge is 2.29. The second-order valence-electron chi connectivity index (χ2n) is 4.95. The molecule has 3 nitrogen and oxygen atoms in total. The fraction of sp³-hybridized carbons (Fsp3) is 0.533. The quantitative estimate of drug-likeness (QED) is 0.886. The molecule has 1 atom stereocenters. The zero-order valence-electron chi connectivity index (χ0n) is 11.4. The molecular weight excluding hydrogens is 224 g/mol. The van der Waals surface area contributed by atoms with E-state index in [0.29, 0.717) is 12.5 Å². The van der Waals surface area contributed by atoms with Gasteiger partial charge in [-0.15, -0.1) is 0 Å². The number of nitrogens with one attached hydrogen (secondary N) is 1. The number of rotatable bonds is 4. The maximum Gasteiger partial charge on any atom is 0.228 e. The number of para-hydroxylation sites is 1. The van der Waals surface area contributed by atoms with Gasteiger partial charge >= 0.3 is 0 Å². The van der Waals surface area contributed by atoms with Crippen LogP contribution in [0.4, 0.5) is 5.69 Å². The fourth-order valence-electron chi connectivity index (χ4n) is 2.60. The van der Waals surface area contributed by atoms with E-state index >= 15 is 0 Å². The SMILES string of the molecule is CCC(CC)NC1CC(=O)N(C)c2ccccc21. The molecule has 98 valence electrons. The molecule has 0 saturated heterocycles. The molecule has 0 fully saturated rings. The van der Waals surface area contributed by atoms with Gasteiger partial charge < -0.3 is 10.2 Å². The lowest BCUT2D eigenvalue weighted by Crippen LogP contribution is -2.41. The summed E-state index contributed by atoms with van der Waals surface area (Å²) in [5.41, 5.74) is 2.28. The number of amides is 1. The van der Waals surface area contributed by atoms with E-state index in [-0.39, 0.29) is 11.9 Å². The van der Waals surface area contributed by atoms with Crippen molar-refractivity contribution in [3.63, 3.8) is 0 Å². The van der Waals surface area contributed by atoms with Crippen molar-refractivity contribution in [1.29, 1.82) is 0 Å². The molecule has 1 unspecified atom stereocenters. The number of hydrogen-bond donors (Lipinski definition) is 1. The van der Waals surface area contributed by atoms with Gasteiger partial charge in [-0.25, -0.2) is 0 Å². The van der Waals surface area contributed by atoms with Crippen LogP contribution in [0, 0.1) is 0 Å². The van der Waals surface area contributed by atoms with Gasteiger partial charge in [0.05, 0.1) is 0 Å². The van der Waals surface area contributed by atoms with Crippen LogP contribution in [0.1, 0.15) is 44.7 Å². The smallest absolute Gasteiger partial charge is 0.228 e. The standard InChI is InChI=1S/C15H22N2O/c1-4-11(5-2)16-13-10-15(18)17(3)14-9-7-6-8-12(13)14/h6-9,11,13,16H,4-5,10H2,1-3H3. The summed E-state index contributed by atoms with van der Waals surface area (Å²) in [7, 11) is 1.86. The Morgan fingerprint density at radius 1 is 1.33 bits per heavy atom. The number of hydrogen-bond acceptors (Lipinski definition) is 2. The first-order valence-electron chi connectivity index (χ1n) is 6.78. The molecule has 1 aromatic rings. The predicted molar refractivity (Wildman–Crippen MR) is 74.7 cm³/mol. The third-order valence-corrected chi connectivity index (χ3v) is 3.85. The largest absolute Gasteiger partial charge is 0.315 e. The lowest BCUT2D eigenvalue weighted by Gasteiger charge is -2.34. The van der Waals surface area contributed by atoms with E-state index in [1.54, 1.807) is 4.90 Å². The third kappa shape index (κ3) is 2.41. The molecule has 0 aromatic heterocycles. The fourth-order valence-corrected chi connectivity index (χ4v) is 2.60. The summed E-state index contributed by atoms with van der Waals surface area (Å²) in [4.78, 5) is 13.8. The number of anilines is 1. The van der Waals surface area contributed by atoms with E-state index in [4.69, 9.17) is 0 Å². The van der Waals surface area contributed by atoms with Crippen LogP contribution in [0.15, 0.2) is 24.3 Å². The van der Waals surface area contributed by atoms with Crippen LogP contribution in [0.25, 0.3) is 0 Å². The Bertz CT molecular complexity index is 426. The van der Waals surface area contributed by atoms with Crippen LogP contribution >= 0.6 is 0 Å². The first kappa shape index (κ1) is 13.1. The number of nitrogens with zero attached hydrogens (tertiary/aromatic N) is 1. The van der Waals surface area contributed by atoms with Crippen LogP contribution in [0.2, 0.25) is 0 Å². The molecule has 1 aliphatic heterocycles. The highest BCUT2D eigenvalue weighted by Crippen LogP contribution is 2.33. The maximum absolute atomic E-state index is 12.0. The van der Waals surface area contributed by atoms with Crippen LogP contribution in [0.3, 0.4) is 0 Å². The highest BCUT2D eigenvalue weighted by molar-refractivity contribution is 5.96. The van der Waals surface area contributed by atoms with Crippen molar-refractivity contribution in [3.8, 4) is 0 Å². The molecule has 0 radical (unpaired) electrons. The van der Waals surface area contributed by atoms with E-state index in [1.165, 1.54) is 5.56 Å². The average Bonchev–Trinajstić information content (AvgIpc) is 2.41. The van der Waals surface area contributed by atoms with Crippen LogP contribution in [-0.2, 0) is 4.79 Å². The number of carbonyl (C=O) groups is 1. The van der Waals surface area contributed by atoms with E-state index in [0.717, 1.165) is 18.5 Å². The molecule has 0 bridgehead atoms. The van der Waals surface area contributed by atoms with Crippen LogP contribution < -0.4 is 10.2 Å². The van der Waals surface area contributed by atoms with E-state index < -0.39 is 0 Å². The number of fused-ring (bicyclic) bond motifs is 1. The summed E-state index contributed by atoms with van der Waals surface area (Å²) >= 11 is 0. The van der Waals surface area contributed by atoms with Gasteiger partial charge in [0.25, 0.3) is 0 Å². The van der Waals surface area contributed by atoms with Crippen molar-refractivity contribution < 1.29 is 4.79 Å². The van der Waals surface area contributed by atoms with Crippen molar-refractivity contribution >= 4 is 11.6 Å². The van der Waals surface area contributed by atoms with E-state index in [9.17, 15) is 4.79 Å².